The predicted octanol–water partition coefficient (Wildman–Crippen LogP) is 0.0778. The highest BCUT2D eigenvalue weighted by Crippen LogP contribution is 2.13. The molecule has 108 valence electrons. The van der Waals surface area contributed by atoms with E-state index in [0.717, 1.165) is 6.42 Å². The molecule has 2 heterocycles. The van der Waals surface area contributed by atoms with Crippen LogP contribution in [-0.4, -0.2) is 49.3 Å². The number of aromatic carboxylic acids is 1. The third-order valence-electron chi connectivity index (χ3n) is 3.22. The molecule has 20 heavy (non-hydrogen) atoms. The molecule has 8 nitrogen and oxygen atoms in total. The van der Waals surface area contributed by atoms with Crippen molar-refractivity contribution in [2.24, 2.45) is 0 Å². The number of amides is 2. The third-order valence-corrected chi connectivity index (χ3v) is 3.22. The van der Waals surface area contributed by atoms with Gasteiger partial charge in [-0.25, -0.2) is 9.48 Å². The highest BCUT2D eigenvalue weighted by Gasteiger charge is 2.29. The van der Waals surface area contributed by atoms with Crippen LogP contribution in [-0.2, 0) is 22.6 Å². The van der Waals surface area contributed by atoms with Crippen molar-refractivity contribution in [3.05, 3.63) is 11.4 Å². The molecular formula is C12H16N4O4. The summed E-state index contributed by atoms with van der Waals surface area (Å²) in [6.45, 7) is 2.40. The van der Waals surface area contributed by atoms with E-state index in [1.54, 1.807) is 0 Å². The number of carbonyl (C=O) groups excluding carboxylic acids is 2. The minimum Gasteiger partial charge on any atom is -0.476 e. The summed E-state index contributed by atoms with van der Waals surface area (Å²) in [5.74, 6) is -1.50. The van der Waals surface area contributed by atoms with Crippen LogP contribution >= 0.6 is 0 Å². The molecule has 0 saturated carbocycles. The first-order valence-corrected chi connectivity index (χ1v) is 6.53. The summed E-state index contributed by atoms with van der Waals surface area (Å²) in [5.41, 5.74) is 0.463. The average molecular weight is 280 g/mol. The van der Waals surface area contributed by atoms with E-state index in [2.05, 4.69) is 10.3 Å². The van der Waals surface area contributed by atoms with Crippen molar-refractivity contribution in [3.63, 3.8) is 0 Å². The second-order valence-corrected chi connectivity index (χ2v) is 4.60. The molecule has 0 bridgehead atoms. The van der Waals surface area contributed by atoms with E-state index in [0.29, 0.717) is 12.1 Å². The monoisotopic (exact) mass is 280 g/mol. The van der Waals surface area contributed by atoms with Crippen LogP contribution < -0.4 is 0 Å². The second kappa shape index (κ2) is 5.81. The molecule has 0 aromatic carbocycles. The van der Waals surface area contributed by atoms with Gasteiger partial charge in [-0.1, -0.05) is 18.6 Å². The summed E-state index contributed by atoms with van der Waals surface area (Å²) < 4.78 is 1.46. The lowest BCUT2D eigenvalue weighted by Crippen LogP contribution is -2.32. The first-order valence-electron chi connectivity index (χ1n) is 6.53. The lowest BCUT2D eigenvalue weighted by atomic mass is 10.2. The first-order chi connectivity index (χ1) is 9.54. The average Bonchev–Trinajstić information content (AvgIpc) is 2.93. The van der Waals surface area contributed by atoms with E-state index in [1.807, 2.05) is 6.92 Å². The molecule has 0 spiro atoms. The number of nitrogens with zero attached hydrogens (tertiary/aromatic N) is 4. The number of aromatic nitrogens is 3. The number of rotatable bonds is 6. The van der Waals surface area contributed by atoms with Gasteiger partial charge < -0.3 is 5.11 Å². The fourth-order valence-electron chi connectivity index (χ4n) is 2.23. The maximum Gasteiger partial charge on any atom is 0.358 e. The Kier molecular flexibility index (Phi) is 4.11. The summed E-state index contributed by atoms with van der Waals surface area (Å²) >= 11 is 0. The third kappa shape index (κ3) is 2.68. The lowest BCUT2D eigenvalue weighted by molar-refractivity contribution is -0.138. The van der Waals surface area contributed by atoms with Crippen molar-refractivity contribution in [1.82, 2.24) is 19.9 Å². The topological polar surface area (TPSA) is 105 Å². The maximum absolute atomic E-state index is 11.5. The molecule has 0 radical (unpaired) electrons. The van der Waals surface area contributed by atoms with Gasteiger partial charge in [-0.3, -0.25) is 14.5 Å². The Morgan fingerprint density at radius 1 is 1.25 bits per heavy atom. The summed E-state index contributed by atoms with van der Waals surface area (Å²) in [6.07, 6.45) is 1.79. The fourth-order valence-corrected chi connectivity index (χ4v) is 2.23. The minimum atomic E-state index is -1.12. The SMILES string of the molecule is CCCc1c(C(=O)O)nnn1CCN1C(=O)CCC1=O. The summed E-state index contributed by atoms with van der Waals surface area (Å²) in [6, 6.07) is 0. The van der Waals surface area contributed by atoms with Gasteiger partial charge in [-0.2, -0.15) is 0 Å². The van der Waals surface area contributed by atoms with Crippen molar-refractivity contribution in [3.8, 4) is 0 Å². The van der Waals surface area contributed by atoms with E-state index in [4.69, 9.17) is 5.11 Å². The quantitative estimate of drug-likeness (QED) is 0.740. The summed E-state index contributed by atoms with van der Waals surface area (Å²) in [4.78, 5) is 35.2. The molecule has 0 aliphatic carbocycles. The Hall–Kier alpha value is -2.25. The van der Waals surface area contributed by atoms with E-state index >= 15 is 0 Å². The van der Waals surface area contributed by atoms with Gasteiger partial charge in [0, 0.05) is 19.4 Å². The first kappa shape index (κ1) is 14.2. The van der Waals surface area contributed by atoms with Crippen molar-refractivity contribution in [2.45, 2.75) is 39.2 Å². The van der Waals surface area contributed by atoms with Gasteiger partial charge in [0.25, 0.3) is 0 Å². The van der Waals surface area contributed by atoms with Crippen LogP contribution in [0.25, 0.3) is 0 Å². The Morgan fingerprint density at radius 3 is 2.45 bits per heavy atom. The van der Waals surface area contributed by atoms with Gasteiger partial charge in [0.05, 0.1) is 12.2 Å². The predicted molar refractivity (Wildman–Crippen MR) is 66.9 cm³/mol. The van der Waals surface area contributed by atoms with Crippen LogP contribution in [0.15, 0.2) is 0 Å². The molecule has 1 N–H and O–H groups in total. The van der Waals surface area contributed by atoms with Gasteiger partial charge in [0.1, 0.15) is 0 Å². The number of hydrogen-bond acceptors (Lipinski definition) is 5. The van der Waals surface area contributed by atoms with Gasteiger partial charge in [0.15, 0.2) is 5.69 Å². The molecule has 1 aromatic heterocycles. The standard InChI is InChI=1S/C12H16N4O4/c1-2-3-8-11(12(19)20)13-14-16(8)7-6-15-9(17)4-5-10(15)18/h2-7H2,1H3,(H,19,20). The minimum absolute atomic E-state index is 0.0640. The largest absolute Gasteiger partial charge is 0.476 e. The summed E-state index contributed by atoms with van der Waals surface area (Å²) in [7, 11) is 0. The van der Waals surface area contributed by atoms with Crippen LogP contribution in [0.1, 0.15) is 42.4 Å². The Labute approximate surface area is 115 Å². The Morgan fingerprint density at radius 2 is 1.90 bits per heavy atom. The zero-order valence-corrected chi connectivity index (χ0v) is 11.2. The molecule has 0 atom stereocenters. The molecule has 8 heteroatoms. The molecular weight excluding hydrogens is 264 g/mol. The maximum atomic E-state index is 11.5. The second-order valence-electron chi connectivity index (χ2n) is 4.60. The molecule has 1 saturated heterocycles. The van der Waals surface area contributed by atoms with Crippen LogP contribution in [0.4, 0.5) is 0 Å². The lowest BCUT2D eigenvalue weighted by Gasteiger charge is -2.14. The molecule has 1 aromatic rings. The highest BCUT2D eigenvalue weighted by molar-refractivity contribution is 6.01. The number of carboxylic acids is 1. The zero-order chi connectivity index (χ0) is 14.7. The van der Waals surface area contributed by atoms with Gasteiger partial charge >= 0.3 is 5.97 Å². The molecule has 2 rings (SSSR count). The van der Waals surface area contributed by atoms with E-state index < -0.39 is 5.97 Å². The van der Waals surface area contributed by atoms with E-state index in [-0.39, 0.29) is 43.4 Å². The molecule has 1 aliphatic rings. The van der Waals surface area contributed by atoms with Crippen molar-refractivity contribution >= 4 is 17.8 Å². The van der Waals surface area contributed by atoms with Gasteiger partial charge in [0.2, 0.25) is 11.8 Å². The highest BCUT2D eigenvalue weighted by atomic mass is 16.4. The molecule has 1 aliphatic heterocycles. The van der Waals surface area contributed by atoms with Crippen molar-refractivity contribution < 1.29 is 19.5 Å². The van der Waals surface area contributed by atoms with Gasteiger partial charge in [-0.15, -0.1) is 5.10 Å². The van der Waals surface area contributed by atoms with Crippen LogP contribution in [0.3, 0.4) is 0 Å². The van der Waals surface area contributed by atoms with Crippen molar-refractivity contribution in [2.75, 3.05) is 6.54 Å². The normalized spacial score (nSPS) is 15.2. The van der Waals surface area contributed by atoms with Gasteiger partial charge in [-0.05, 0) is 6.42 Å². The van der Waals surface area contributed by atoms with Crippen LogP contribution in [0, 0.1) is 0 Å². The Bertz CT molecular complexity index is 536. The fraction of sp³-hybridized carbons (Fsp3) is 0.583. The van der Waals surface area contributed by atoms with E-state index in [1.165, 1.54) is 9.58 Å². The molecule has 0 unspecified atom stereocenters. The smallest absolute Gasteiger partial charge is 0.358 e. The number of imide groups is 1. The molecule has 1 fully saturated rings. The molecule has 2 amide bonds. The van der Waals surface area contributed by atoms with Crippen LogP contribution in [0.2, 0.25) is 0 Å². The number of hydrogen-bond donors (Lipinski definition) is 1. The van der Waals surface area contributed by atoms with E-state index in [9.17, 15) is 14.4 Å². The number of carboxylic acid groups (broad SMARTS) is 1. The number of likely N-dealkylation sites (tertiary alicyclic amines) is 1. The number of carbonyl (C=O) groups is 3. The summed E-state index contributed by atoms with van der Waals surface area (Å²) in [5, 5.41) is 16.5. The Balaban J connectivity index is 2.11. The zero-order valence-electron chi connectivity index (χ0n) is 11.2. The van der Waals surface area contributed by atoms with Crippen LogP contribution in [0.5, 0.6) is 0 Å². The van der Waals surface area contributed by atoms with Crippen molar-refractivity contribution in [1.29, 1.82) is 0 Å².